The van der Waals surface area contributed by atoms with E-state index in [2.05, 4.69) is 42.9 Å². The molecular formula is C15H33IN4O. The van der Waals surface area contributed by atoms with E-state index in [-0.39, 0.29) is 24.0 Å². The fraction of sp³-hybridized carbons (Fsp3) is 0.933. The van der Waals surface area contributed by atoms with Crippen LogP contribution in [0.5, 0.6) is 0 Å². The number of halogens is 1. The van der Waals surface area contributed by atoms with Crippen LogP contribution >= 0.6 is 24.0 Å². The lowest BCUT2D eigenvalue weighted by molar-refractivity contribution is -0.0679. The van der Waals surface area contributed by atoms with E-state index in [1.165, 1.54) is 0 Å². The Morgan fingerprint density at radius 3 is 2.52 bits per heavy atom. The molecule has 21 heavy (non-hydrogen) atoms. The summed E-state index contributed by atoms with van der Waals surface area (Å²) < 4.78 is 5.73. The van der Waals surface area contributed by atoms with Crippen molar-refractivity contribution in [3.63, 3.8) is 0 Å². The highest BCUT2D eigenvalue weighted by molar-refractivity contribution is 14.0. The number of nitrogens with one attached hydrogen (secondary N) is 1. The molecule has 1 heterocycles. The van der Waals surface area contributed by atoms with Crippen LogP contribution in [-0.2, 0) is 4.74 Å². The third-order valence-corrected chi connectivity index (χ3v) is 3.44. The number of morpholine rings is 1. The molecule has 0 bridgehead atoms. The Bertz CT molecular complexity index is 289. The predicted octanol–water partition coefficient (Wildman–Crippen LogP) is 2.05. The monoisotopic (exact) mass is 412 g/mol. The highest BCUT2D eigenvalue weighted by atomic mass is 127. The van der Waals surface area contributed by atoms with Crippen molar-refractivity contribution in [3.8, 4) is 0 Å². The minimum atomic E-state index is 0. The molecule has 6 heteroatoms. The van der Waals surface area contributed by atoms with Gasteiger partial charge in [0.2, 0.25) is 0 Å². The molecule has 0 aromatic heterocycles. The quantitative estimate of drug-likeness (QED) is 0.291. The Morgan fingerprint density at radius 1 is 1.33 bits per heavy atom. The molecule has 2 unspecified atom stereocenters. The molecule has 3 N–H and O–H groups in total. The zero-order valence-electron chi connectivity index (χ0n) is 14.0. The molecule has 5 nitrogen and oxygen atoms in total. The SMILES string of the molecule is CC(C)CCNC(N)=NCCCN1CC(C)OC(C)C1.I. The number of rotatable bonds is 7. The fourth-order valence-electron chi connectivity index (χ4n) is 2.51. The molecule has 1 rings (SSSR count). The van der Waals surface area contributed by atoms with Crippen molar-refractivity contribution in [2.45, 2.75) is 52.7 Å². The van der Waals surface area contributed by atoms with E-state index in [0.717, 1.165) is 45.6 Å². The Morgan fingerprint density at radius 2 is 1.95 bits per heavy atom. The summed E-state index contributed by atoms with van der Waals surface area (Å²) in [5.74, 6) is 1.27. The van der Waals surface area contributed by atoms with Crippen molar-refractivity contribution in [2.75, 3.05) is 32.7 Å². The second kappa shape index (κ2) is 11.5. The van der Waals surface area contributed by atoms with Gasteiger partial charge in [-0.15, -0.1) is 24.0 Å². The standard InChI is InChI=1S/C15H32N4O.HI/c1-12(2)6-8-18-15(16)17-7-5-9-19-10-13(3)20-14(4)11-19;/h12-14H,5-11H2,1-4H3,(H3,16,17,18);1H. The summed E-state index contributed by atoms with van der Waals surface area (Å²) in [6.45, 7) is 13.5. The van der Waals surface area contributed by atoms with Crippen molar-refractivity contribution in [1.82, 2.24) is 10.2 Å². The molecule has 0 aliphatic carbocycles. The van der Waals surface area contributed by atoms with Crippen LogP contribution in [0, 0.1) is 5.92 Å². The maximum Gasteiger partial charge on any atom is 0.188 e. The Kier molecular flexibility index (Phi) is 11.4. The van der Waals surface area contributed by atoms with E-state index in [9.17, 15) is 0 Å². The lowest BCUT2D eigenvalue weighted by atomic mass is 10.1. The van der Waals surface area contributed by atoms with Crippen LogP contribution < -0.4 is 11.1 Å². The van der Waals surface area contributed by atoms with E-state index in [1.807, 2.05) is 0 Å². The van der Waals surface area contributed by atoms with Crippen molar-refractivity contribution < 1.29 is 4.74 Å². The van der Waals surface area contributed by atoms with Gasteiger partial charge in [0, 0.05) is 32.7 Å². The van der Waals surface area contributed by atoms with Gasteiger partial charge in [0.25, 0.3) is 0 Å². The number of hydrogen-bond acceptors (Lipinski definition) is 3. The summed E-state index contributed by atoms with van der Waals surface area (Å²) >= 11 is 0. The zero-order valence-corrected chi connectivity index (χ0v) is 16.3. The third kappa shape index (κ3) is 10.3. The van der Waals surface area contributed by atoms with Crippen LogP contribution in [0.4, 0.5) is 0 Å². The number of nitrogens with two attached hydrogens (primary N) is 1. The average Bonchev–Trinajstić information content (AvgIpc) is 2.33. The van der Waals surface area contributed by atoms with Gasteiger partial charge in [-0.25, -0.2) is 0 Å². The maximum absolute atomic E-state index is 5.83. The Balaban J connectivity index is 0.00000400. The van der Waals surface area contributed by atoms with E-state index in [4.69, 9.17) is 10.5 Å². The lowest BCUT2D eigenvalue weighted by Crippen LogP contribution is -2.45. The minimum absolute atomic E-state index is 0. The maximum atomic E-state index is 5.83. The Labute approximate surface area is 147 Å². The molecule has 126 valence electrons. The van der Waals surface area contributed by atoms with E-state index in [1.54, 1.807) is 0 Å². The van der Waals surface area contributed by atoms with Crippen molar-refractivity contribution >= 4 is 29.9 Å². The van der Waals surface area contributed by atoms with Gasteiger partial charge in [0.15, 0.2) is 5.96 Å². The second-order valence-electron chi connectivity index (χ2n) is 6.25. The third-order valence-electron chi connectivity index (χ3n) is 3.44. The van der Waals surface area contributed by atoms with Gasteiger partial charge < -0.3 is 15.8 Å². The van der Waals surface area contributed by atoms with Crippen molar-refractivity contribution in [3.05, 3.63) is 0 Å². The topological polar surface area (TPSA) is 62.9 Å². The van der Waals surface area contributed by atoms with Gasteiger partial charge in [0.1, 0.15) is 0 Å². The van der Waals surface area contributed by atoms with Crippen LogP contribution in [0.25, 0.3) is 0 Å². The second-order valence-corrected chi connectivity index (χ2v) is 6.25. The lowest BCUT2D eigenvalue weighted by Gasteiger charge is -2.35. The molecule has 0 spiro atoms. The summed E-state index contributed by atoms with van der Waals surface area (Å²) in [7, 11) is 0. The van der Waals surface area contributed by atoms with Gasteiger partial charge in [-0.05, 0) is 32.6 Å². The van der Waals surface area contributed by atoms with Gasteiger partial charge in [-0.3, -0.25) is 9.89 Å². The molecule has 0 radical (unpaired) electrons. The molecule has 0 amide bonds. The van der Waals surface area contributed by atoms with Gasteiger partial charge in [0.05, 0.1) is 12.2 Å². The summed E-state index contributed by atoms with van der Waals surface area (Å²) in [6, 6.07) is 0. The number of nitrogens with zero attached hydrogens (tertiary/aromatic N) is 2. The molecule has 0 saturated carbocycles. The summed E-state index contributed by atoms with van der Waals surface area (Å²) in [4.78, 5) is 6.82. The first kappa shape index (κ1) is 20.9. The van der Waals surface area contributed by atoms with Crippen LogP contribution in [0.15, 0.2) is 4.99 Å². The molecular weight excluding hydrogens is 379 g/mol. The first-order valence-corrected chi connectivity index (χ1v) is 7.89. The molecule has 0 aromatic carbocycles. The summed E-state index contributed by atoms with van der Waals surface area (Å²) in [5.41, 5.74) is 5.83. The average molecular weight is 412 g/mol. The first-order valence-electron chi connectivity index (χ1n) is 7.89. The smallest absolute Gasteiger partial charge is 0.188 e. The molecule has 1 aliphatic heterocycles. The van der Waals surface area contributed by atoms with Crippen LogP contribution in [0.3, 0.4) is 0 Å². The zero-order chi connectivity index (χ0) is 15.0. The van der Waals surface area contributed by atoms with Gasteiger partial charge in [-0.2, -0.15) is 0 Å². The number of hydrogen-bond donors (Lipinski definition) is 2. The minimum Gasteiger partial charge on any atom is -0.373 e. The number of guanidine groups is 1. The van der Waals surface area contributed by atoms with Crippen LogP contribution in [-0.4, -0.2) is 55.8 Å². The molecule has 1 fully saturated rings. The van der Waals surface area contributed by atoms with Gasteiger partial charge in [-0.1, -0.05) is 13.8 Å². The van der Waals surface area contributed by atoms with Crippen molar-refractivity contribution in [1.29, 1.82) is 0 Å². The fourth-order valence-corrected chi connectivity index (χ4v) is 2.51. The summed E-state index contributed by atoms with van der Waals surface area (Å²) in [5, 5.41) is 3.16. The number of aliphatic imine (C=N–C) groups is 1. The normalized spacial score (nSPS) is 24.0. The molecule has 1 aliphatic rings. The van der Waals surface area contributed by atoms with Gasteiger partial charge >= 0.3 is 0 Å². The number of ether oxygens (including phenoxy) is 1. The molecule has 0 aromatic rings. The van der Waals surface area contributed by atoms with E-state index >= 15 is 0 Å². The highest BCUT2D eigenvalue weighted by Crippen LogP contribution is 2.10. The highest BCUT2D eigenvalue weighted by Gasteiger charge is 2.21. The summed E-state index contributed by atoms with van der Waals surface area (Å²) in [6.07, 6.45) is 2.85. The van der Waals surface area contributed by atoms with Crippen molar-refractivity contribution in [2.24, 2.45) is 16.6 Å². The predicted molar refractivity (Wildman–Crippen MR) is 100 cm³/mol. The van der Waals surface area contributed by atoms with E-state index in [0.29, 0.717) is 24.1 Å². The van der Waals surface area contributed by atoms with E-state index < -0.39 is 0 Å². The Hall–Kier alpha value is -0.0800. The molecule has 2 atom stereocenters. The molecule has 1 saturated heterocycles. The van der Waals surface area contributed by atoms with Crippen LogP contribution in [0.1, 0.15) is 40.5 Å². The largest absolute Gasteiger partial charge is 0.373 e. The first-order chi connectivity index (χ1) is 9.47. The van der Waals surface area contributed by atoms with Crippen LogP contribution in [0.2, 0.25) is 0 Å².